The molecule has 6 heteroatoms. The number of urea groups is 1. The van der Waals surface area contributed by atoms with Crippen LogP contribution in [0.15, 0.2) is 47.4 Å². The highest BCUT2D eigenvalue weighted by molar-refractivity contribution is 6.07. The Labute approximate surface area is 139 Å². The number of nitrogens with one attached hydrogen (secondary N) is 2. The van der Waals surface area contributed by atoms with Gasteiger partial charge in [-0.2, -0.15) is 0 Å². The first-order valence-corrected chi connectivity index (χ1v) is 7.85. The molecular weight excluding hydrogens is 306 g/mol. The summed E-state index contributed by atoms with van der Waals surface area (Å²) < 4.78 is 1.48. The number of hydrogen-bond donors (Lipinski definition) is 2. The molecule has 1 saturated heterocycles. The minimum Gasteiger partial charge on any atom is -0.318 e. The van der Waals surface area contributed by atoms with E-state index in [1.54, 1.807) is 30.5 Å². The Hall–Kier alpha value is -2.89. The predicted octanol–water partition coefficient (Wildman–Crippen LogP) is 1.45. The molecule has 2 N–H and O–H groups in total. The number of nitrogens with zero attached hydrogens (tertiary/aromatic N) is 1. The monoisotopic (exact) mass is 325 g/mol. The fraction of sp³-hybridized carbons (Fsp3) is 0.278. The molecular formula is C18H19N3O3. The van der Waals surface area contributed by atoms with Crippen LogP contribution in [0.4, 0.5) is 4.79 Å². The van der Waals surface area contributed by atoms with Gasteiger partial charge in [-0.15, -0.1) is 0 Å². The van der Waals surface area contributed by atoms with Crippen LogP contribution in [0.2, 0.25) is 0 Å². The van der Waals surface area contributed by atoms with E-state index >= 15 is 0 Å². The largest absolute Gasteiger partial charge is 0.322 e. The first-order chi connectivity index (χ1) is 11.5. The predicted molar refractivity (Wildman–Crippen MR) is 89.6 cm³/mol. The summed E-state index contributed by atoms with van der Waals surface area (Å²) >= 11 is 0. The van der Waals surface area contributed by atoms with Crippen LogP contribution in [-0.2, 0) is 23.3 Å². The van der Waals surface area contributed by atoms with Crippen molar-refractivity contribution in [3.63, 3.8) is 0 Å². The van der Waals surface area contributed by atoms with Crippen molar-refractivity contribution in [2.45, 2.75) is 32.4 Å². The molecule has 3 rings (SSSR count). The second-order valence-corrected chi connectivity index (χ2v) is 6.00. The summed E-state index contributed by atoms with van der Waals surface area (Å²) in [5.74, 6) is -0.454. The van der Waals surface area contributed by atoms with Gasteiger partial charge in [-0.25, -0.2) is 4.79 Å². The zero-order chi connectivity index (χ0) is 17.3. The second kappa shape index (κ2) is 5.96. The molecule has 0 aliphatic carbocycles. The molecule has 2 aromatic rings. The molecule has 6 nitrogen and oxygen atoms in total. The highest BCUT2D eigenvalue weighted by Gasteiger charge is 2.48. The summed E-state index contributed by atoms with van der Waals surface area (Å²) in [6.07, 6.45) is 2.24. The Morgan fingerprint density at radius 3 is 2.38 bits per heavy atom. The number of rotatable bonds is 4. The van der Waals surface area contributed by atoms with Crippen LogP contribution in [0.1, 0.15) is 23.6 Å². The van der Waals surface area contributed by atoms with Crippen LogP contribution in [0.25, 0.3) is 0 Å². The zero-order valence-electron chi connectivity index (χ0n) is 13.6. The molecule has 1 atom stereocenters. The van der Waals surface area contributed by atoms with Crippen LogP contribution in [0, 0.1) is 6.92 Å². The van der Waals surface area contributed by atoms with E-state index in [4.69, 9.17) is 0 Å². The van der Waals surface area contributed by atoms with E-state index in [2.05, 4.69) is 10.6 Å². The van der Waals surface area contributed by atoms with E-state index in [1.807, 2.05) is 26.0 Å². The molecule has 2 heterocycles. The van der Waals surface area contributed by atoms with E-state index < -0.39 is 17.5 Å². The molecule has 0 saturated carbocycles. The van der Waals surface area contributed by atoms with Crippen LogP contribution < -0.4 is 16.2 Å². The maximum absolute atomic E-state index is 12.6. The molecule has 1 aromatic carbocycles. The highest BCUT2D eigenvalue weighted by atomic mass is 16.2. The second-order valence-electron chi connectivity index (χ2n) is 6.00. The van der Waals surface area contributed by atoms with Crippen LogP contribution >= 0.6 is 0 Å². The van der Waals surface area contributed by atoms with Crippen molar-refractivity contribution in [1.29, 1.82) is 0 Å². The van der Waals surface area contributed by atoms with Crippen molar-refractivity contribution in [3.8, 4) is 0 Å². The fourth-order valence-corrected chi connectivity index (χ4v) is 2.97. The van der Waals surface area contributed by atoms with Gasteiger partial charge < -0.3 is 9.88 Å². The molecule has 0 radical (unpaired) electrons. The molecule has 3 amide bonds. The van der Waals surface area contributed by atoms with E-state index in [9.17, 15) is 14.4 Å². The number of pyridine rings is 1. The molecule has 0 bridgehead atoms. The van der Waals surface area contributed by atoms with E-state index in [0.717, 1.165) is 5.56 Å². The highest BCUT2D eigenvalue weighted by Crippen LogP contribution is 2.27. The van der Waals surface area contributed by atoms with Gasteiger partial charge in [0.2, 0.25) is 0 Å². The van der Waals surface area contributed by atoms with Crippen molar-refractivity contribution in [3.05, 3.63) is 69.6 Å². The summed E-state index contributed by atoms with van der Waals surface area (Å²) in [6, 6.07) is 10.3. The molecule has 1 aliphatic heterocycles. The minimum absolute atomic E-state index is 0.0420. The molecule has 1 aliphatic rings. The third-order valence-corrected chi connectivity index (χ3v) is 4.37. The van der Waals surface area contributed by atoms with Crippen molar-refractivity contribution in [2.75, 3.05) is 0 Å². The fourth-order valence-electron chi connectivity index (χ4n) is 2.97. The normalized spacial score (nSPS) is 19.9. The summed E-state index contributed by atoms with van der Waals surface area (Å²) in [4.78, 5) is 36.9. The van der Waals surface area contributed by atoms with Gasteiger partial charge in [-0.1, -0.05) is 42.8 Å². The number of carbonyl (C=O) groups excluding carboxylic acids is 2. The Kier molecular flexibility index (Phi) is 3.97. The average Bonchev–Trinajstić information content (AvgIpc) is 2.84. The first-order valence-electron chi connectivity index (χ1n) is 7.85. The van der Waals surface area contributed by atoms with Crippen LogP contribution in [-0.4, -0.2) is 16.5 Å². The standard InChI is InChI=1S/C18H19N3O3/c1-3-13-5-4-10-21(15(13)22)11-18(16(23)19-17(24)20-18)14-8-6-12(2)7-9-14/h4-10H,3,11H2,1-2H3,(H2,19,20,23,24). The molecule has 1 unspecified atom stereocenters. The van der Waals surface area contributed by atoms with E-state index in [0.29, 0.717) is 17.5 Å². The van der Waals surface area contributed by atoms with Crippen LogP contribution in [0.5, 0.6) is 0 Å². The number of benzene rings is 1. The number of imide groups is 1. The minimum atomic E-state index is -1.29. The third-order valence-electron chi connectivity index (χ3n) is 4.37. The number of amides is 3. The van der Waals surface area contributed by atoms with E-state index in [-0.39, 0.29) is 12.1 Å². The van der Waals surface area contributed by atoms with Crippen molar-refractivity contribution in [1.82, 2.24) is 15.2 Å². The Balaban J connectivity index is 2.10. The quantitative estimate of drug-likeness (QED) is 0.835. The smallest absolute Gasteiger partial charge is 0.318 e. The summed E-state index contributed by atoms with van der Waals surface area (Å²) in [7, 11) is 0. The van der Waals surface area contributed by atoms with Gasteiger partial charge in [0.15, 0.2) is 5.54 Å². The number of hydrogen-bond acceptors (Lipinski definition) is 3. The number of aryl methyl sites for hydroxylation is 2. The van der Waals surface area contributed by atoms with Gasteiger partial charge in [0.1, 0.15) is 0 Å². The van der Waals surface area contributed by atoms with Crippen molar-refractivity contribution < 1.29 is 9.59 Å². The lowest BCUT2D eigenvalue weighted by Crippen LogP contribution is -2.49. The van der Waals surface area contributed by atoms with E-state index in [1.165, 1.54) is 4.57 Å². The maximum Gasteiger partial charge on any atom is 0.322 e. The van der Waals surface area contributed by atoms with Gasteiger partial charge in [0.05, 0.1) is 6.54 Å². The Morgan fingerprint density at radius 2 is 1.79 bits per heavy atom. The molecule has 1 aromatic heterocycles. The topological polar surface area (TPSA) is 80.2 Å². The third kappa shape index (κ3) is 2.60. The lowest BCUT2D eigenvalue weighted by atomic mass is 9.89. The van der Waals surface area contributed by atoms with Gasteiger partial charge >= 0.3 is 6.03 Å². The van der Waals surface area contributed by atoms with Gasteiger partial charge in [0, 0.05) is 11.8 Å². The van der Waals surface area contributed by atoms with Crippen LogP contribution in [0.3, 0.4) is 0 Å². The first kappa shape index (κ1) is 16.0. The van der Waals surface area contributed by atoms with Crippen molar-refractivity contribution >= 4 is 11.9 Å². The summed E-state index contributed by atoms with van der Waals surface area (Å²) in [6.45, 7) is 3.89. The van der Waals surface area contributed by atoms with Crippen molar-refractivity contribution in [2.24, 2.45) is 0 Å². The number of aromatic nitrogens is 1. The molecule has 124 valence electrons. The molecule has 0 spiro atoms. The SMILES string of the molecule is CCc1cccn(CC2(c3ccc(C)cc3)NC(=O)NC2=O)c1=O. The summed E-state index contributed by atoms with van der Waals surface area (Å²) in [5, 5.41) is 4.99. The Bertz CT molecular complexity index is 855. The zero-order valence-corrected chi connectivity index (χ0v) is 13.6. The lowest BCUT2D eigenvalue weighted by Gasteiger charge is -2.27. The maximum atomic E-state index is 12.6. The van der Waals surface area contributed by atoms with Gasteiger partial charge in [-0.05, 0) is 25.0 Å². The summed E-state index contributed by atoms with van der Waals surface area (Å²) in [5.41, 5.74) is 0.914. The number of carbonyl (C=O) groups is 2. The molecule has 24 heavy (non-hydrogen) atoms. The Morgan fingerprint density at radius 1 is 1.08 bits per heavy atom. The van der Waals surface area contributed by atoms with Gasteiger partial charge in [-0.3, -0.25) is 14.9 Å². The average molecular weight is 325 g/mol. The van der Waals surface area contributed by atoms with Gasteiger partial charge in [0.25, 0.3) is 11.5 Å². The molecule has 1 fully saturated rings. The lowest BCUT2D eigenvalue weighted by molar-refractivity contribution is -0.124.